The highest BCUT2D eigenvalue weighted by Gasteiger charge is 2.20. The first kappa shape index (κ1) is 10.4. The van der Waals surface area contributed by atoms with Crippen molar-refractivity contribution >= 4 is 5.91 Å². The summed E-state index contributed by atoms with van der Waals surface area (Å²) in [7, 11) is 0. The molecule has 1 heterocycles. The van der Waals surface area contributed by atoms with Crippen LogP contribution in [0.15, 0.2) is 24.4 Å². The molecule has 2 aliphatic rings. The Morgan fingerprint density at radius 1 is 1.33 bits per heavy atom. The summed E-state index contributed by atoms with van der Waals surface area (Å²) in [5.41, 5.74) is 0. The maximum absolute atomic E-state index is 11.1. The monoisotopic (exact) mass is 207 g/mol. The molecule has 1 fully saturated rings. The molecule has 3 nitrogen and oxygen atoms in total. The lowest BCUT2D eigenvalue weighted by Crippen LogP contribution is -2.26. The fourth-order valence-corrected chi connectivity index (χ4v) is 1.64. The first-order valence-corrected chi connectivity index (χ1v) is 5.63. The Morgan fingerprint density at radius 2 is 2.20 bits per heavy atom. The van der Waals surface area contributed by atoms with E-state index in [1.54, 1.807) is 6.20 Å². The van der Waals surface area contributed by atoms with Gasteiger partial charge >= 0.3 is 0 Å². The summed E-state index contributed by atoms with van der Waals surface area (Å²) < 4.78 is 5.83. The molecule has 0 aromatic carbocycles. The number of ether oxygens (including phenoxy) is 1. The van der Waals surface area contributed by atoms with Crippen LogP contribution in [0.4, 0.5) is 0 Å². The van der Waals surface area contributed by atoms with E-state index in [1.807, 2.05) is 18.2 Å². The molecule has 3 heteroatoms. The van der Waals surface area contributed by atoms with E-state index in [2.05, 4.69) is 5.32 Å². The van der Waals surface area contributed by atoms with Gasteiger partial charge in [-0.3, -0.25) is 4.79 Å². The second kappa shape index (κ2) is 5.12. The van der Waals surface area contributed by atoms with Gasteiger partial charge in [0, 0.05) is 12.6 Å². The molecule has 1 amide bonds. The van der Waals surface area contributed by atoms with Crippen molar-refractivity contribution in [3.63, 3.8) is 0 Å². The molecule has 1 unspecified atom stereocenters. The summed E-state index contributed by atoms with van der Waals surface area (Å²) in [4.78, 5) is 11.1. The van der Waals surface area contributed by atoms with E-state index in [0.717, 1.165) is 6.42 Å². The third-order valence-corrected chi connectivity index (χ3v) is 2.80. The van der Waals surface area contributed by atoms with Crippen LogP contribution < -0.4 is 5.32 Å². The number of rotatable bonds is 2. The van der Waals surface area contributed by atoms with Crippen LogP contribution in [-0.2, 0) is 9.53 Å². The first-order valence-electron chi connectivity index (χ1n) is 5.63. The average Bonchev–Trinajstić information content (AvgIpc) is 2.25. The quantitative estimate of drug-likeness (QED) is 0.702. The van der Waals surface area contributed by atoms with Crippen LogP contribution in [0.2, 0.25) is 0 Å². The molecule has 82 valence electrons. The molecule has 0 radical (unpaired) electrons. The number of amides is 1. The van der Waals surface area contributed by atoms with Crippen molar-refractivity contribution < 1.29 is 9.53 Å². The first-order chi connectivity index (χ1) is 7.34. The predicted molar refractivity (Wildman–Crippen MR) is 58.2 cm³/mol. The molecular formula is C12H17NO2. The lowest BCUT2D eigenvalue weighted by Gasteiger charge is -2.28. The summed E-state index contributed by atoms with van der Waals surface area (Å²) in [5.74, 6) is 0.0696. The Labute approximate surface area is 90.2 Å². The van der Waals surface area contributed by atoms with E-state index in [1.165, 1.54) is 19.3 Å². The lowest BCUT2D eigenvalue weighted by molar-refractivity contribution is -0.120. The van der Waals surface area contributed by atoms with Crippen molar-refractivity contribution in [3.8, 4) is 0 Å². The number of hydrogen-bond donors (Lipinski definition) is 1. The molecule has 2 rings (SSSR count). The second-order valence-electron chi connectivity index (χ2n) is 4.05. The molecule has 1 aliphatic heterocycles. The van der Waals surface area contributed by atoms with Crippen LogP contribution >= 0.6 is 0 Å². The van der Waals surface area contributed by atoms with Crippen LogP contribution in [0.1, 0.15) is 32.1 Å². The highest BCUT2D eigenvalue weighted by Crippen LogP contribution is 2.24. The number of allylic oxidation sites excluding steroid dienone is 1. The van der Waals surface area contributed by atoms with Crippen LogP contribution in [0.3, 0.4) is 0 Å². The van der Waals surface area contributed by atoms with Crippen molar-refractivity contribution in [3.05, 3.63) is 24.4 Å². The van der Waals surface area contributed by atoms with Gasteiger partial charge in [0.2, 0.25) is 5.91 Å². The molecule has 1 aliphatic carbocycles. The topological polar surface area (TPSA) is 38.3 Å². The standard InChI is InChI=1S/C12H17NO2/c14-12-7-2-1-4-11(8-9-13-12)15-10-5-3-6-10/h1,4,8-11H,2-3,5-7H2,(H,13,14)/b4-1-,9-8-. The summed E-state index contributed by atoms with van der Waals surface area (Å²) in [6.07, 6.45) is 13.1. The normalized spacial score (nSPS) is 31.7. The highest BCUT2D eigenvalue weighted by molar-refractivity contribution is 5.77. The van der Waals surface area contributed by atoms with Crippen molar-refractivity contribution in [1.29, 1.82) is 0 Å². The zero-order chi connectivity index (χ0) is 10.5. The van der Waals surface area contributed by atoms with Crippen molar-refractivity contribution in [1.82, 2.24) is 5.32 Å². The minimum absolute atomic E-state index is 0.0219. The van der Waals surface area contributed by atoms with Gasteiger partial charge in [-0.15, -0.1) is 0 Å². The second-order valence-corrected chi connectivity index (χ2v) is 4.05. The van der Waals surface area contributed by atoms with E-state index >= 15 is 0 Å². The Hall–Kier alpha value is -1.09. The number of nitrogens with one attached hydrogen (secondary N) is 1. The summed E-state index contributed by atoms with van der Waals surface area (Å²) in [5, 5.41) is 2.72. The van der Waals surface area contributed by atoms with Crippen molar-refractivity contribution in [2.45, 2.75) is 44.3 Å². The third kappa shape index (κ3) is 3.20. The zero-order valence-corrected chi connectivity index (χ0v) is 8.82. The van der Waals surface area contributed by atoms with Gasteiger partial charge in [-0.1, -0.05) is 12.2 Å². The largest absolute Gasteiger partial charge is 0.367 e. The molecule has 15 heavy (non-hydrogen) atoms. The molecule has 0 bridgehead atoms. The fourth-order valence-electron chi connectivity index (χ4n) is 1.64. The van der Waals surface area contributed by atoms with Gasteiger partial charge < -0.3 is 10.1 Å². The number of carbonyl (C=O) groups excluding carboxylic acids is 1. The van der Waals surface area contributed by atoms with Crippen molar-refractivity contribution in [2.75, 3.05) is 0 Å². The summed E-state index contributed by atoms with van der Waals surface area (Å²) >= 11 is 0. The maximum atomic E-state index is 11.1. The van der Waals surface area contributed by atoms with Crippen LogP contribution in [0.25, 0.3) is 0 Å². The summed E-state index contributed by atoms with van der Waals surface area (Å²) in [6.45, 7) is 0. The van der Waals surface area contributed by atoms with E-state index in [-0.39, 0.29) is 12.0 Å². The van der Waals surface area contributed by atoms with Crippen molar-refractivity contribution in [2.24, 2.45) is 0 Å². The Morgan fingerprint density at radius 3 is 2.93 bits per heavy atom. The Bertz CT molecular complexity index is 279. The summed E-state index contributed by atoms with van der Waals surface area (Å²) in [6, 6.07) is 0. The van der Waals surface area contributed by atoms with Gasteiger partial charge in [0.05, 0.1) is 12.2 Å². The van der Waals surface area contributed by atoms with Crippen LogP contribution in [-0.4, -0.2) is 18.1 Å². The average molecular weight is 207 g/mol. The van der Waals surface area contributed by atoms with E-state index in [9.17, 15) is 4.79 Å². The third-order valence-electron chi connectivity index (χ3n) is 2.80. The molecule has 0 spiro atoms. The van der Waals surface area contributed by atoms with Crippen LogP contribution in [0.5, 0.6) is 0 Å². The Balaban J connectivity index is 1.89. The molecular weight excluding hydrogens is 190 g/mol. The minimum atomic E-state index is 0.0219. The van der Waals surface area contributed by atoms with Gasteiger partial charge in [0.1, 0.15) is 0 Å². The molecule has 0 aromatic heterocycles. The molecule has 1 atom stereocenters. The molecule has 0 saturated heterocycles. The van der Waals surface area contributed by atoms with Crippen LogP contribution in [0, 0.1) is 0 Å². The smallest absolute Gasteiger partial charge is 0.224 e. The maximum Gasteiger partial charge on any atom is 0.224 e. The predicted octanol–water partition coefficient (Wildman–Crippen LogP) is 1.90. The van der Waals surface area contributed by atoms with E-state index in [0.29, 0.717) is 12.5 Å². The van der Waals surface area contributed by atoms with Gasteiger partial charge in [-0.25, -0.2) is 0 Å². The fraction of sp³-hybridized carbons (Fsp3) is 0.583. The number of hydrogen-bond acceptors (Lipinski definition) is 2. The van der Waals surface area contributed by atoms with Gasteiger partial charge in [-0.2, -0.15) is 0 Å². The highest BCUT2D eigenvalue weighted by atomic mass is 16.5. The minimum Gasteiger partial charge on any atom is -0.367 e. The molecule has 1 N–H and O–H groups in total. The van der Waals surface area contributed by atoms with Gasteiger partial charge in [-0.05, 0) is 31.8 Å². The zero-order valence-electron chi connectivity index (χ0n) is 8.82. The molecule has 0 aromatic rings. The SMILES string of the molecule is O=C1CC/C=C\C(OC2CCC2)/C=C\N1. The van der Waals surface area contributed by atoms with Gasteiger partial charge in [0.15, 0.2) is 0 Å². The van der Waals surface area contributed by atoms with E-state index in [4.69, 9.17) is 4.74 Å². The Kier molecular flexibility index (Phi) is 3.56. The van der Waals surface area contributed by atoms with E-state index < -0.39 is 0 Å². The number of carbonyl (C=O) groups is 1. The van der Waals surface area contributed by atoms with Gasteiger partial charge in [0.25, 0.3) is 0 Å². The molecule has 1 saturated carbocycles. The lowest BCUT2D eigenvalue weighted by atomic mass is 9.96.